The third-order valence-electron chi connectivity index (χ3n) is 4.05. The maximum absolute atomic E-state index is 12.3. The van der Waals surface area contributed by atoms with E-state index >= 15 is 0 Å². The van der Waals surface area contributed by atoms with E-state index in [1.165, 1.54) is 6.92 Å². The van der Waals surface area contributed by atoms with E-state index in [2.05, 4.69) is 5.32 Å². The first-order chi connectivity index (χ1) is 10.0. The van der Waals surface area contributed by atoms with Gasteiger partial charge in [0.05, 0.1) is 5.92 Å². The Bertz CT molecular complexity index is 607. The van der Waals surface area contributed by atoms with Crippen LogP contribution < -0.4 is 5.32 Å². The fourth-order valence-corrected chi connectivity index (χ4v) is 2.71. The van der Waals surface area contributed by atoms with E-state index in [1.807, 2.05) is 4.90 Å². The summed E-state index contributed by atoms with van der Waals surface area (Å²) in [5, 5.41) is 2.81. The summed E-state index contributed by atoms with van der Waals surface area (Å²) in [5.74, 6) is -0.400. The maximum atomic E-state index is 12.3. The van der Waals surface area contributed by atoms with Crippen molar-refractivity contribution in [2.24, 2.45) is 5.92 Å². The van der Waals surface area contributed by atoms with Crippen LogP contribution >= 0.6 is 0 Å². The predicted octanol–water partition coefficient (Wildman–Crippen LogP) is 1.84. The third kappa shape index (κ3) is 2.96. The molecule has 1 heterocycles. The zero-order chi connectivity index (χ0) is 15.0. The molecule has 1 aromatic carbocycles. The van der Waals surface area contributed by atoms with E-state index in [4.69, 9.17) is 0 Å². The summed E-state index contributed by atoms with van der Waals surface area (Å²) in [4.78, 5) is 37.3. The first-order valence-corrected chi connectivity index (χ1v) is 7.26. The second-order valence-electron chi connectivity index (χ2n) is 5.80. The minimum atomic E-state index is -0.293. The lowest BCUT2D eigenvalue weighted by Gasteiger charge is -2.15. The highest BCUT2D eigenvalue weighted by Gasteiger charge is 2.41. The monoisotopic (exact) mass is 286 g/mol. The van der Waals surface area contributed by atoms with Crippen molar-refractivity contribution in [1.82, 2.24) is 4.90 Å². The van der Waals surface area contributed by atoms with E-state index in [0.717, 1.165) is 12.8 Å². The Balaban J connectivity index is 1.65. The Morgan fingerprint density at radius 2 is 2.05 bits per heavy atom. The van der Waals surface area contributed by atoms with Gasteiger partial charge >= 0.3 is 0 Å². The number of hydrogen-bond donors (Lipinski definition) is 1. The average Bonchev–Trinajstić information content (AvgIpc) is 3.22. The van der Waals surface area contributed by atoms with Gasteiger partial charge in [0, 0.05) is 30.3 Å². The van der Waals surface area contributed by atoms with Crippen LogP contribution in [0.15, 0.2) is 24.3 Å². The topological polar surface area (TPSA) is 66.5 Å². The largest absolute Gasteiger partial charge is 0.339 e. The number of ketones is 1. The van der Waals surface area contributed by atoms with Crippen molar-refractivity contribution in [2.75, 3.05) is 11.9 Å². The molecular weight excluding hydrogens is 268 g/mol. The molecule has 0 unspecified atom stereocenters. The minimum absolute atomic E-state index is 0.0398. The highest BCUT2D eigenvalue weighted by molar-refractivity contribution is 5.99. The maximum Gasteiger partial charge on any atom is 0.229 e. The number of anilines is 1. The van der Waals surface area contributed by atoms with Gasteiger partial charge in [-0.25, -0.2) is 0 Å². The fourth-order valence-electron chi connectivity index (χ4n) is 2.71. The summed E-state index contributed by atoms with van der Waals surface area (Å²) in [6.45, 7) is 2.01. The Hall–Kier alpha value is -2.17. The molecule has 3 rings (SSSR count). The molecule has 1 N–H and O–H groups in total. The van der Waals surface area contributed by atoms with Crippen LogP contribution in [0.4, 0.5) is 5.69 Å². The van der Waals surface area contributed by atoms with Crippen LogP contribution in [-0.4, -0.2) is 35.1 Å². The highest BCUT2D eigenvalue weighted by atomic mass is 16.2. The number of benzene rings is 1. The van der Waals surface area contributed by atoms with Gasteiger partial charge in [0.2, 0.25) is 11.8 Å². The van der Waals surface area contributed by atoms with Gasteiger partial charge in [-0.2, -0.15) is 0 Å². The molecule has 1 saturated carbocycles. The first-order valence-electron chi connectivity index (χ1n) is 7.26. The van der Waals surface area contributed by atoms with Crippen molar-refractivity contribution >= 4 is 23.3 Å². The summed E-state index contributed by atoms with van der Waals surface area (Å²) in [7, 11) is 0. The highest BCUT2D eigenvalue weighted by Crippen LogP contribution is 2.32. The molecule has 1 aliphatic heterocycles. The normalized spacial score (nSPS) is 21.5. The SMILES string of the molecule is CC(=O)c1cccc(NC(=O)[C@@H]2CC(=O)N(C3CC3)C2)c1. The lowest BCUT2D eigenvalue weighted by Crippen LogP contribution is -2.29. The van der Waals surface area contributed by atoms with Crippen molar-refractivity contribution in [3.05, 3.63) is 29.8 Å². The molecule has 1 atom stereocenters. The van der Waals surface area contributed by atoms with Crippen LogP contribution in [0, 0.1) is 5.92 Å². The van der Waals surface area contributed by atoms with Crippen molar-refractivity contribution in [3.63, 3.8) is 0 Å². The average molecular weight is 286 g/mol. The number of nitrogens with zero attached hydrogens (tertiary/aromatic N) is 1. The van der Waals surface area contributed by atoms with Gasteiger partial charge in [0.1, 0.15) is 0 Å². The number of carbonyl (C=O) groups excluding carboxylic acids is 3. The smallest absolute Gasteiger partial charge is 0.229 e. The lowest BCUT2D eigenvalue weighted by atomic mass is 10.1. The number of carbonyl (C=O) groups is 3. The molecule has 0 aromatic heterocycles. The number of nitrogens with one attached hydrogen (secondary N) is 1. The van der Waals surface area contributed by atoms with Gasteiger partial charge in [0.15, 0.2) is 5.78 Å². The van der Waals surface area contributed by atoms with Crippen LogP contribution in [0.3, 0.4) is 0 Å². The summed E-state index contributed by atoms with van der Waals surface area (Å²) in [6, 6.07) is 7.22. The molecule has 110 valence electrons. The molecule has 0 radical (unpaired) electrons. The summed E-state index contributed by atoms with van der Waals surface area (Å²) in [6.07, 6.45) is 2.40. The third-order valence-corrected chi connectivity index (χ3v) is 4.05. The molecule has 0 bridgehead atoms. The van der Waals surface area contributed by atoms with E-state index < -0.39 is 0 Å². The van der Waals surface area contributed by atoms with Crippen molar-refractivity contribution in [3.8, 4) is 0 Å². The molecular formula is C16H18N2O3. The summed E-state index contributed by atoms with van der Waals surface area (Å²) in [5.41, 5.74) is 1.17. The quantitative estimate of drug-likeness (QED) is 0.859. The van der Waals surface area contributed by atoms with Crippen molar-refractivity contribution in [1.29, 1.82) is 0 Å². The van der Waals surface area contributed by atoms with Crippen LogP contribution in [0.25, 0.3) is 0 Å². The second kappa shape index (κ2) is 5.31. The molecule has 1 aromatic rings. The van der Waals surface area contributed by atoms with Gasteiger partial charge in [-0.05, 0) is 31.9 Å². The van der Waals surface area contributed by atoms with E-state index in [0.29, 0.717) is 23.8 Å². The fraction of sp³-hybridized carbons (Fsp3) is 0.438. The van der Waals surface area contributed by atoms with Crippen LogP contribution in [0.2, 0.25) is 0 Å². The lowest BCUT2D eigenvalue weighted by molar-refractivity contribution is -0.128. The van der Waals surface area contributed by atoms with Gasteiger partial charge in [0.25, 0.3) is 0 Å². The zero-order valence-corrected chi connectivity index (χ0v) is 12.0. The molecule has 5 heteroatoms. The first kappa shape index (κ1) is 13.8. The molecule has 1 aliphatic carbocycles. The van der Waals surface area contributed by atoms with Gasteiger partial charge < -0.3 is 10.2 Å². The van der Waals surface area contributed by atoms with Crippen molar-refractivity contribution in [2.45, 2.75) is 32.2 Å². The molecule has 2 aliphatic rings. The van der Waals surface area contributed by atoms with Crippen LogP contribution in [0.1, 0.15) is 36.5 Å². The van der Waals surface area contributed by atoms with Gasteiger partial charge in [-0.15, -0.1) is 0 Å². The van der Waals surface area contributed by atoms with Crippen LogP contribution in [-0.2, 0) is 9.59 Å². The Morgan fingerprint density at radius 3 is 2.71 bits per heavy atom. The standard InChI is InChI=1S/C16H18N2O3/c1-10(19)11-3-2-4-13(7-11)17-16(21)12-8-15(20)18(9-12)14-5-6-14/h2-4,7,12,14H,5-6,8-9H2,1H3,(H,17,21)/t12-/m1/s1. The summed E-state index contributed by atoms with van der Waals surface area (Å²) < 4.78 is 0. The number of likely N-dealkylation sites (tertiary alicyclic amines) is 1. The predicted molar refractivity (Wildman–Crippen MR) is 77.9 cm³/mol. The van der Waals surface area contributed by atoms with Crippen LogP contribution in [0.5, 0.6) is 0 Å². The molecule has 5 nitrogen and oxygen atoms in total. The number of Topliss-reactive ketones (excluding diaryl/α,β-unsaturated/α-hetero) is 1. The number of hydrogen-bond acceptors (Lipinski definition) is 3. The summed E-state index contributed by atoms with van der Waals surface area (Å²) >= 11 is 0. The van der Waals surface area contributed by atoms with E-state index in [1.54, 1.807) is 24.3 Å². The number of amides is 2. The molecule has 2 amide bonds. The Morgan fingerprint density at radius 1 is 1.29 bits per heavy atom. The molecule has 21 heavy (non-hydrogen) atoms. The Kier molecular flexibility index (Phi) is 3.49. The Labute approximate surface area is 123 Å². The van der Waals surface area contributed by atoms with Gasteiger partial charge in [-0.3, -0.25) is 14.4 Å². The zero-order valence-electron chi connectivity index (χ0n) is 12.0. The molecule has 1 saturated heterocycles. The van der Waals surface area contributed by atoms with E-state index in [9.17, 15) is 14.4 Å². The van der Waals surface area contributed by atoms with Crippen molar-refractivity contribution < 1.29 is 14.4 Å². The number of rotatable bonds is 4. The minimum Gasteiger partial charge on any atom is -0.339 e. The van der Waals surface area contributed by atoms with E-state index in [-0.39, 0.29) is 29.9 Å². The molecule has 0 spiro atoms. The van der Waals surface area contributed by atoms with Gasteiger partial charge in [-0.1, -0.05) is 12.1 Å². The molecule has 2 fully saturated rings. The second-order valence-corrected chi connectivity index (χ2v) is 5.80.